The Bertz CT molecular complexity index is 523. The van der Waals surface area contributed by atoms with E-state index in [1.54, 1.807) is 7.05 Å². The molecule has 1 fully saturated rings. The summed E-state index contributed by atoms with van der Waals surface area (Å²) in [6, 6.07) is 2.07. The summed E-state index contributed by atoms with van der Waals surface area (Å²) in [5, 5.41) is 3.35. The number of methoxy groups -OCH3 is 1. The predicted octanol–water partition coefficient (Wildman–Crippen LogP) is 0.841. The number of ether oxygens (including phenoxy) is 1. The molecule has 0 aliphatic carbocycles. The average molecular weight is 292 g/mol. The molecule has 0 aromatic carbocycles. The van der Waals surface area contributed by atoms with Gasteiger partial charge in [-0.3, -0.25) is 9.79 Å². The lowest BCUT2D eigenvalue weighted by molar-refractivity contribution is -0.145. The second-order valence-corrected chi connectivity index (χ2v) is 5.60. The van der Waals surface area contributed by atoms with Crippen LogP contribution in [-0.2, 0) is 23.1 Å². The number of nitrogens with zero attached hydrogens (tertiary/aromatic N) is 3. The molecule has 6 heteroatoms. The molecule has 1 aliphatic heterocycles. The van der Waals surface area contributed by atoms with Crippen LogP contribution in [-0.4, -0.2) is 48.6 Å². The number of aliphatic imine (C=N–C) groups is 1. The maximum Gasteiger partial charge on any atom is 0.310 e. The van der Waals surface area contributed by atoms with Gasteiger partial charge < -0.3 is 19.5 Å². The SMILES string of the molecule is CN=C(NCc1ccn(C)c1)N1CC(C)C(C(=O)OC)C1. The zero-order valence-electron chi connectivity index (χ0n) is 13.2. The number of carbonyl (C=O) groups excluding carboxylic acids is 1. The van der Waals surface area contributed by atoms with Crippen molar-refractivity contribution < 1.29 is 9.53 Å². The minimum atomic E-state index is -0.136. The van der Waals surface area contributed by atoms with E-state index in [1.165, 1.54) is 12.7 Å². The molecule has 0 spiro atoms. The molecule has 0 bridgehead atoms. The van der Waals surface area contributed by atoms with Crippen LogP contribution in [0, 0.1) is 11.8 Å². The molecule has 1 N–H and O–H groups in total. The fraction of sp³-hybridized carbons (Fsp3) is 0.600. The van der Waals surface area contributed by atoms with Crippen molar-refractivity contribution in [3.05, 3.63) is 24.0 Å². The van der Waals surface area contributed by atoms with Crippen molar-refractivity contribution in [2.45, 2.75) is 13.5 Å². The lowest BCUT2D eigenvalue weighted by Gasteiger charge is -2.21. The molecule has 6 nitrogen and oxygen atoms in total. The number of hydrogen-bond donors (Lipinski definition) is 1. The van der Waals surface area contributed by atoms with Gasteiger partial charge in [-0.2, -0.15) is 0 Å². The molecule has 1 aromatic heterocycles. The van der Waals surface area contributed by atoms with Crippen LogP contribution >= 0.6 is 0 Å². The maximum absolute atomic E-state index is 11.8. The van der Waals surface area contributed by atoms with Crippen molar-refractivity contribution in [3.63, 3.8) is 0 Å². The van der Waals surface area contributed by atoms with Gasteiger partial charge in [0.25, 0.3) is 0 Å². The van der Waals surface area contributed by atoms with Crippen LogP contribution in [0.5, 0.6) is 0 Å². The van der Waals surface area contributed by atoms with Gasteiger partial charge in [-0.05, 0) is 17.5 Å². The standard InChI is InChI=1S/C15H24N4O2/c1-11-8-19(10-13(11)14(20)21-4)15(16-2)17-7-12-5-6-18(3)9-12/h5-6,9,11,13H,7-8,10H2,1-4H3,(H,16,17). The third-order valence-corrected chi connectivity index (χ3v) is 3.97. The first kappa shape index (κ1) is 15.4. The summed E-state index contributed by atoms with van der Waals surface area (Å²) in [6.45, 7) is 4.27. The van der Waals surface area contributed by atoms with Gasteiger partial charge in [-0.25, -0.2) is 0 Å². The van der Waals surface area contributed by atoms with E-state index in [0.29, 0.717) is 6.54 Å². The van der Waals surface area contributed by atoms with Gasteiger partial charge in [0.2, 0.25) is 0 Å². The van der Waals surface area contributed by atoms with E-state index in [0.717, 1.165) is 19.0 Å². The molecule has 2 rings (SSSR count). The third-order valence-electron chi connectivity index (χ3n) is 3.97. The van der Waals surface area contributed by atoms with Gasteiger partial charge >= 0.3 is 5.97 Å². The highest BCUT2D eigenvalue weighted by Gasteiger charge is 2.36. The summed E-state index contributed by atoms with van der Waals surface area (Å²) < 4.78 is 6.89. The number of carbonyl (C=O) groups is 1. The smallest absolute Gasteiger partial charge is 0.310 e. The highest BCUT2D eigenvalue weighted by molar-refractivity contribution is 5.82. The second kappa shape index (κ2) is 6.65. The summed E-state index contributed by atoms with van der Waals surface area (Å²) in [4.78, 5) is 18.2. The second-order valence-electron chi connectivity index (χ2n) is 5.60. The molecule has 0 radical (unpaired) electrons. The fourth-order valence-electron chi connectivity index (χ4n) is 2.78. The van der Waals surface area contributed by atoms with Crippen LogP contribution in [0.2, 0.25) is 0 Å². The van der Waals surface area contributed by atoms with Gasteiger partial charge in [0.05, 0.1) is 13.0 Å². The van der Waals surface area contributed by atoms with Gasteiger partial charge in [0, 0.05) is 46.1 Å². The van der Waals surface area contributed by atoms with E-state index in [2.05, 4.69) is 34.4 Å². The van der Waals surface area contributed by atoms with E-state index in [9.17, 15) is 4.79 Å². The molecular formula is C15H24N4O2. The van der Waals surface area contributed by atoms with E-state index in [1.807, 2.05) is 17.8 Å². The van der Waals surface area contributed by atoms with Crippen LogP contribution in [0.4, 0.5) is 0 Å². The quantitative estimate of drug-likeness (QED) is 0.509. The van der Waals surface area contributed by atoms with Crippen molar-refractivity contribution in [2.24, 2.45) is 23.9 Å². The first-order chi connectivity index (χ1) is 10.0. The molecule has 2 atom stereocenters. The molecule has 1 saturated heterocycles. The predicted molar refractivity (Wildman–Crippen MR) is 81.9 cm³/mol. The monoisotopic (exact) mass is 292 g/mol. The Kier molecular flexibility index (Phi) is 4.88. The van der Waals surface area contributed by atoms with Crippen LogP contribution in [0.15, 0.2) is 23.5 Å². The van der Waals surface area contributed by atoms with Crippen LogP contribution in [0.1, 0.15) is 12.5 Å². The maximum atomic E-state index is 11.8. The van der Waals surface area contributed by atoms with Gasteiger partial charge in [0.15, 0.2) is 5.96 Å². The first-order valence-corrected chi connectivity index (χ1v) is 7.19. The topological polar surface area (TPSA) is 58.9 Å². The van der Waals surface area contributed by atoms with Gasteiger partial charge in [-0.15, -0.1) is 0 Å². The molecule has 0 amide bonds. The van der Waals surface area contributed by atoms with Crippen LogP contribution < -0.4 is 5.32 Å². The van der Waals surface area contributed by atoms with Crippen molar-refractivity contribution in [1.82, 2.24) is 14.8 Å². The van der Waals surface area contributed by atoms with Gasteiger partial charge in [-0.1, -0.05) is 6.92 Å². The van der Waals surface area contributed by atoms with Crippen molar-refractivity contribution in [2.75, 3.05) is 27.2 Å². The third kappa shape index (κ3) is 3.56. The minimum Gasteiger partial charge on any atom is -0.469 e. The summed E-state index contributed by atoms with van der Waals surface area (Å²) in [5.41, 5.74) is 1.20. The Morgan fingerprint density at radius 3 is 2.86 bits per heavy atom. The largest absolute Gasteiger partial charge is 0.469 e. The highest BCUT2D eigenvalue weighted by Crippen LogP contribution is 2.24. The Labute approximate surface area is 125 Å². The number of esters is 1. The number of hydrogen-bond acceptors (Lipinski definition) is 3. The Hall–Kier alpha value is -1.98. The zero-order chi connectivity index (χ0) is 15.4. The zero-order valence-corrected chi connectivity index (χ0v) is 13.2. The van der Waals surface area contributed by atoms with Gasteiger partial charge in [0.1, 0.15) is 0 Å². The normalized spacial score (nSPS) is 22.5. The lowest BCUT2D eigenvalue weighted by Crippen LogP contribution is -2.40. The number of likely N-dealkylation sites (tertiary alicyclic amines) is 1. The number of nitrogens with one attached hydrogen (secondary N) is 1. The van der Waals surface area contributed by atoms with E-state index < -0.39 is 0 Å². The first-order valence-electron chi connectivity index (χ1n) is 7.19. The lowest BCUT2D eigenvalue weighted by atomic mass is 9.99. The van der Waals surface area contributed by atoms with E-state index in [4.69, 9.17) is 4.74 Å². The van der Waals surface area contributed by atoms with E-state index in [-0.39, 0.29) is 17.8 Å². The van der Waals surface area contributed by atoms with Crippen LogP contribution in [0.25, 0.3) is 0 Å². The molecule has 2 unspecified atom stereocenters. The van der Waals surface area contributed by atoms with Crippen molar-refractivity contribution in [3.8, 4) is 0 Å². The molecule has 21 heavy (non-hydrogen) atoms. The Morgan fingerprint density at radius 2 is 2.29 bits per heavy atom. The molecule has 0 saturated carbocycles. The summed E-state index contributed by atoms with van der Waals surface area (Å²) >= 11 is 0. The Balaban J connectivity index is 1.94. The van der Waals surface area contributed by atoms with Crippen LogP contribution in [0.3, 0.4) is 0 Å². The van der Waals surface area contributed by atoms with Crippen molar-refractivity contribution in [1.29, 1.82) is 0 Å². The molecular weight excluding hydrogens is 268 g/mol. The molecule has 1 aliphatic rings. The summed E-state index contributed by atoms with van der Waals surface area (Å²) in [7, 11) is 5.21. The summed E-state index contributed by atoms with van der Waals surface area (Å²) in [6.07, 6.45) is 4.09. The molecule has 116 valence electrons. The van der Waals surface area contributed by atoms with E-state index >= 15 is 0 Å². The number of aromatic nitrogens is 1. The Morgan fingerprint density at radius 1 is 1.52 bits per heavy atom. The van der Waals surface area contributed by atoms with Crippen molar-refractivity contribution >= 4 is 11.9 Å². The fourth-order valence-corrected chi connectivity index (χ4v) is 2.78. The number of rotatable bonds is 3. The molecule has 2 heterocycles. The molecule has 1 aromatic rings. The minimum absolute atomic E-state index is 0.0784. The number of guanidine groups is 1. The highest BCUT2D eigenvalue weighted by atomic mass is 16.5. The summed E-state index contributed by atoms with van der Waals surface area (Å²) in [5.74, 6) is 0.888. The average Bonchev–Trinajstić information content (AvgIpc) is 3.05. The number of aryl methyl sites for hydroxylation is 1.